The molecular formula is C17H18Cl2N2O. The molecule has 2 N–H and O–H groups in total. The Morgan fingerprint density at radius 2 is 1.82 bits per heavy atom. The van der Waals surface area contributed by atoms with Crippen molar-refractivity contribution >= 4 is 34.9 Å². The lowest BCUT2D eigenvalue weighted by molar-refractivity contribution is 0.249. The topological polar surface area (TPSA) is 41.1 Å². The maximum atomic E-state index is 12.1. The van der Waals surface area contributed by atoms with Gasteiger partial charge in [-0.25, -0.2) is 4.79 Å². The highest BCUT2D eigenvalue weighted by molar-refractivity contribution is 6.35. The van der Waals surface area contributed by atoms with E-state index in [1.165, 1.54) is 0 Å². The zero-order chi connectivity index (χ0) is 16.3. The first-order valence-corrected chi connectivity index (χ1v) is 7.72. The molecule has 0 spiro atoms. The molecule has 0 unspecified atom stereocenters. The van der Waals surface area contributed by atoms with Crippen LogP contribution in [0.3, 0.4) is 0 Å². The van der Waals surface area contributed by atoms with E-state index >= 15 is 0 Å². The number of halogens is 2. The van der Waals surface area contributed by atoms with Crippen LogP contribution < -0.4 is 10.6 Å². The highest BCUT2D eigenvalue weighted by Crippen LogP contribution is 2.26. The molecule has 0 aliphatic rings. The quantitative estimate of drug-likeness (QED) is 0.764. The van der Waals surface area contributed by atoms with Gasteiger partial charge in [0, 0.05) is 15.7 Å². The van der Waals surface area contributed by atoms with E-state index in [4.69, 9.17) is 23.2 Å². The Hall–Kier alpha value is -1.71. The third-order valence-electron chi connectivity index (χ3n) is 3.41. The Kier molecular flexibility index (Phi) is 5.33. The largest absolute Gasteiger partial charge is 0.331 e. The van der Waals surface area contributed by atoms with Gasteiger partial charge >= 0.3 is 6.03 Å². The van der Waals surface area contributed by atoms with Crippen LogP contribution in [0.5, 0.6) is 0 Å². The van der Waals surface area contributed by atoms with Crippen LogP contribution in [0.2, 0.25) is 10.0 Å². The molecule has 0 heterocycles. The van der Waals surface area contributed by atoms with Gasteiger partial charge in [0.15, 0.2) is 0 Å². The average molecular weight is 337 g/mol. The van der Waals surface area contributed by atoms with E-state index in [0.29, 0.717) is 10.0 Å². The Labute approximate surface area is 140 Å². The standard InChI is InChI=1S/C17H18Cl2N2O/c1-10-4-7-16(11(2)8-10)21-17(22)20-12(3)14-6-5-13(18)9-15(14)19/h4-9,12H,1-3H3,(H2,20,21,22)/t12-/m0/s1. The first-order valence-electron chi connectivity index (χ1n) is 6.96. The highest BCUT2D eigenvalue weighted by Gasteiger charge is 2.13. The fourth-order valence-electron chi connectivity index (χ4n) is 2.24. The van der Waals surface area contributed by atoms with Crippen molar-refractivity contribution in [2.45, 2.75) is 26.8 Å². The van der Waals surface area contributed by atoms with Crippen molar-refractivity contribution in [3.63, 3.8) is 0 Å². The van der Waals surface area contributed by atoms with Gasteiger partial charge in [-0.05, 0) is 50.1 Å². The Balaban J connectivity index is 2.05. The fourth-order valence-corrected chi connectivity index (χ4v) is 2.81. The summed E-state index contributed by atoms with van der Waals surface area (Å²) in [4.78, 5) is 12.1. The molecule has 0 radical (unpaired) electrons. The summed E-state index contributed by atoms with van der Waals surface area (Å²) in [6, 6.07) is 10.6. The molecular weight excluding hydrogens is 319 g/mol. The molecule has 2 aromatic rings. The van der Waals surface area contributed by atoms with Crippen LogP contribution in [0, 0.1) is 13.8 Å². The molecule has 22 heavy (non-hydrogen) atoms. The molecule has 1 atom stereocenters. The van der Waals surface area contributed by atoms with Crippen molar-refractivity contribution in [3.8, 4) is 0 Å². The Bertz CT molecular complexity index is 701. The first kappa shape index (κ1) is 16.7. The Morgan fingerprint density at radius 3 is 2.45 bits per heavy atom. The zero-order valence-electron chi connectivity index (χ0n) is 12.7. The molecule has 2 amide bonds. The number of hydrogen-bond acceptors (Lipinski definition) is 1. The number of urea groups is 1. The number of amides is 2. The third kappa shape index (κ3) is 4.15. The smallest absolute Gasteiger partial charge is 0.319 e. The minimum atomic E-state index is -0.273. The van der Waals surface area contributed by atoms with Gasteiger partial charge in [0.25, 0.3) is 0 Å². The summed E-state index contributed by atoms with van der Waals surface area (Å²) < 4.78 is 0. The summed E-state index contributed by atoms with van der Waals surface area (Å²) in [5.74, 6) is 0. The molecule has 0 fully saturated rings. The van der Waals surface area contributed by atoms with Crippen LogP contribution in [0.25, 0.3) is 0 Å². The summed E-state index contributed by atoms with van der Waals surface area (Å²) in [6.45, 7) is 5.85. The van der Waals surface area contributed by atoms with Gasteiger partial charge in [-0.3, -0.25) is 0 Å². The molecule has 2 aromatic carbocycles. The zero-order valence-corrected chi connectivity index (χ0v) is 14.2. The number of carbonyl (C=O) groups is 1. The number of rotatable bonds is 3. The van der Waals surface area contributed by atoms with Gasteiger partial charge in [0.05, 0.1) is 6.04 Å². The van der Waals surface area contributed by atoms with Gasteiger partial charge in [0.1, 0.15) is 0 Å². The highest BCUT2D eigenvalue weighted by atomic mass is 35.5. The normalized spacial score (nSPS) is 11.9. The number of hydrogen-bond donors (Lipinski definition) is 2. The molecule has 0 bridgehead atoms. The van der Waals surface area contributed by atoms with E-state index in [1.807, 2.05) is 45.0 Å². The second kappa shape index (κ2) is 7.03. The summed E-state index contributed by atoms with van der Waals surface area (Å²) in [5, 5.41) is 6.82. The third-order valence-corrected chi connectivity index (χ3v) is 3.97. The second-order valence-corrected chi connectivity index (χ2v) is 6.15. The van der Waals surface area contributed by atoms with Crippen LogP contribution in [0.4, 0.5) is 10.5 Å². The van der Waals surface area contributed by atoms with Crippen LogP contribution in [-0.2, 0) is 0 Å². The van der Waals surface area contributed by atoms with Gasteiger partial charge in [0.2, 0.25) is 0 Å². The molecule has 5 heteroatoms. The Morgan fingerprint density at radius 1 is 1.09 bits per heavy atom. The summed E-state index contributed by atoms with van der Waals surface area (Å²) in [6.07, 6.45) is 0. The molecule has 0 aromatic heterocycles. The lowest BCUT2D eigenvalue weighted by Gasteiger charge is -2.17. The number of aryl methyl sites for hydroxylation is 2. The number of carbonyl (C=O) groups excluding carboxylic acids is 1. The minimum absolute atomic E-state index is 0.226. The summed E-state index contributed by atoms with van der Waals surface area (Å²) in [5.41, 5.74) is 3.79. The van der Waals surface area contributed by atoms with E-state index in [-0.39, 0.29) is 12.1 Å². The minimum Gasteiger partial charge on any atom is -0.331 e. The summed E-state index contributed by atoms with van der Waals surface area (Å²) in [7, 11) is 0. The molecule has 116 valence electrons. The van der Waals surface area contributed by atoms with Crippen molar-refractivity contribution in [1.29, 1.82) is 0 Å². The van der Waals surface area contributed by atoms with E-state index in [2.05, 4.69) is 10.6 Å². The van der Waals surface area contributed by atoms with Crippen LogP contribution in [0.1, 0.15) is 29.7 Å². The van der Waals surface area contributed by atoms with Crippen molar-refractivity contribution in [1.82, 2.24) is 5.32 Å². The number of benzene rings is 2. The van der Waals surface area contributed by atoms with Crippen LogP contribution in [-0.4, -0.2) is 6.03 Å². The lowest BCUT2D eigenvalue weighted by Crippen LogP contribution is -2.31. The molecule has 0 saturated heterocycles. The van der Waals surface area contributed by atoms with E-state index in [0.717, 1.165) is 22.4 Å². The van der Waals surface area contributed by atoms with E-state index < -0.39 is 0 Å². The predicted molar refractivity (Wildman–Crippen MR) is 92.9 cm³/mol. The number of anilines is 1. The summed E-state index contributed by atoms with van der Waals surface area (Å²) >= 11 is 12.0. The van der Waals surface area contributed by atoms with Gasteiger partial charge in [-0.15, -0.1) is 0 Å². The molecule has 0 aliphatic heterocycles. The van der Waals surface area contributed by atoms with Crippen molar-refractivity contribution in [3.05, 3.63) is 63.1 Å². The SMILES string of the molecule is Cc1ccc(NC(=O)N[C@@H](C)c2ccc(Cl)cc2Cl)c(C)c1. The monoisotopic (exact) mass is 336 g/mol. The number of nitrogens with one attached hydrogen (secondary N) is 2. The molecule has 0 saturated carbocycles. The van der Waals surface area contributed by atoms with Gasteiger partial charge in [-0.2, -0.15) is 0 Å². The first-order chi connectivity index (χ1) is 10.4. The van der Waals surface area contributed by atoms with Gasteiger partial charge < -0.3 is 10.6 Å². The van der Waals surface area contributed by atoms with Crippen LogP contribution in [0.15, 0.2) is 36.4 Å². The van der Waals surface area contributed by atoms with Crippen LogP contribution >= 0.6 is 23.2 Å². The average Bonchev–Trinajstić information content (AvgIpc) is 2.41. The maximum Gasteiger partial charge on any atom is 0.319 e. The maximum absolute atomic E-state index is 12.1. The lowest BCUT2D eigenvalue weighted by atomic mass is 10.1. The predicted octanol–water partition coefficient (Wildman–Crippen LogP) is 5.49. The van der Waals surface area contributed by atoms with Crippen molar-refractivity contribution < 1.29 is 4.79 Å². The van der Waals surface area contributed by atoms with E-state index in [1.54, 1.807) is 12.1 Å². The van der Waals surface area contributed by atoms with E-state index in [9.17, 15) is 4.79 Å². The second-order valence-electron chi connectivity index (χ2n) is 5.30. The molecule has 0 aliphatic carbocycles. The van der Waals surface area contributed by atoms with Crippen molar-refractivity contribution in [2.75, 3.05) is 5.32 Å². The molecule has 3 nitrogen and oxygen atoms in total. The van der Waals surface area contributed by atoms with Gasteiger partial charge in [-0.1, -0.05) is 47.0 Å². The van der Waals surface area contributed by atoms with Crippen molar-refractivity contribution in [2.24, 2.45) is 0 Å². The molecule has 2 rings (SSSR count). The fraction of sp³-hybridized carbons (Fsp3) is 0.235.